The van der Waals surface area contributed by atoms with E-state index in [0.29, 0.717) is 24.9 Å². The van der Waals surface area contributed by atoms with Crippen LogP contribution in [0.1, 0.15) is 31.6 Å². The molecule has 1 fully saturated rings. The maximum absolute atomic E-state index is 5.40. The highest BCUT2D eigenvalue weighted by atomic mass is 16.4. The van der Waals surface area contributed by atoms with Crippen molar-refractivity contribution in [1.82, 2.24) is 10.2 Å². The van der Waals surface area contributed by atoms with Crippen LogP contribution in [0, 0.1) is 5.92 Å². The summed E-state index contributed by atoms with van der Waals surface area (Å²) in [5.74, 6) is 1.39. The van der Waals surface area contributed by atoms with Crippen LogP contribution < -0.4 is 11.1 Å². The quantitative estimate of drug-likeness (QED) is 0.763. The predicted molar refractivity (Wildman–Crippen MR) is 57.5 cm³/mol. The Bertz CT molecular complexity index is 293. The fourth-order valence-electron chi connectivity index (χ4n) is 2.00. The van der Waals surface area contributed by atoms with Crippen molar-refractivity contribution >= 4 is 6.01 Å². The van der Waals surface area contributed by atoms with Crippen LogP contribution >= 0.6 is 0 Å². The molecule has 0 aromatic carbocycles. The van der Waals surface area contributed by atoms with Crippen LogP contribution in [0.15, 0.2) is 4.42 Å². The second kappa shape index (κ2) is 5.11. The Morgan fingerprint density at radius 3 is 2.87 bits per heavy atom. The Kier molecular flexibility index (Phi) is 3.55. The van der Waals surface area contributed by atoms with Crippen molar-refractivity contribution in [3.63, 3.8) is 0 Å². The molecular weight excluding hydrogens is 192 g/mol. The Hall–Kier alpha value is -1.10. The van der Waals surface area contributed by atoms with Gasteiger partial charge in [-0.15, -0.1) is 5.10 Å². The highest BCUT2D eigenvalue weighted by Crippen LogP contribution is 2.24. The normalized spacial score (nSPS) is 17.1. The van der Waals surface area contributed by atoms with Gasteiger partial charge >= 0.3 is 6.01 Å². The van der Waals surface area contributed by atoms with Crippen molar-refractivity contribution in [2.45, 2.75) is 32.1 Å². The van der Waals surface area contributed by atoms with Gasteiger partial charge in [0, 0.05) is 19.5 Å². The third kappa shape index (κ3) is 2.92. The maximum atomic E-state index is 5.40. The van der Waals surface area contributed by atoms with Gasteiger partial charge < -0.3 is 15.5 Å². The van der Waals surface area contributed by atoms with Gasteiger partial charge in [-0.3, -0.25) is 0 Å². The van der Waals surface area contributed by atoms with Crippen LogP contribution in [0.3, 0.4) is 0 Å². The van der Waals surface area contributed by atoms with E-state index in [1.165, 1.54) is 25.7 Å². The molecule has 0 aliphatic heterocycles. The summed E-state index contributed by atoms with van der Waals surface area (Å²) < 4.78 is 5.37. The van der Waals surface area contributed by atoms with E-state index >= 15 is 0 Å². The molecule has 1 aliphatic carbocycles. The van der Waals surface area contributed by atoms with Crippen LogP contribution in [-0.2, 0) is 6.42 Å². The number of rotatable bonds is 5. The maximum Gasteiger partial charge on any atom is 0.315 e. The van der Waals surface area contributed by atoms with Crippen molar-refractivity contribution in [2.75, 3.05) is 18.4 Å². The van der Waals surface area contributed by atoms with Gasteiger partial charge in [-0.2, -0.15) is 0 Å². The molecule has 0 radical (unpaired) electrons. The molecule has 1 aliphatic rings. The molecule has 0 atom stereocenters. The molecule has 0 spiro atoms. The minimum atomic E-state index is 0.533. The van der Waals surface area contributed by atoms with Crippen LogP contribution in [0.2, 0.25) is 0 Å². The summed E-state index contributed by atoms with van der Waals surface area (Å²) >= 11 is 0. The average Bonchev–Trinajstić information content (AvgIpc) is 2.85. The Balaban J connectivity index is 1.77. The highest BCUT2D eigenvalue weighted by Gasteiger charge is 2.15. The molecule has 84 valence electrons. The minimum absolute atomic E-state index is 0.533. The van der Waals surface area contributed by atoms with Gasteiger partial charge in [0.1, 0.15) is 0 Å². The smallest absolute Gasteiger partial charge is 0.315 e. The molecule has 1 saturated carbocycles. The zero-order chi connectivity index (χ0) is 10.5. The number of hydrogen-bond acceptors (Lipinski definition) is 5. The van der Waals surface area contributed by atoms with Crippen molar-refractivity contribution in [3.8, 4) is 0 Å². The Morgan fingerprint density at radius 1 is 1.33 bits per heavy atom. The number of nitrogens with one attached hydrogen (secondary N) is 1. The lowest BCUT2D eigenvalue weighted by Gasteiger charge is -2.07. The second-order valence-corrected chi connectivity index (χ2v) is 4.07. The van der Waals surface area contributed by atoms with E-state index in [1.54, 1.807) is 0 Å². The number of nitrogens with two attached hydrogens (primary N) is 1. The Labute approximate surface area is 89.4 Å². The molecule has 5 nitrogen and oxygen atoms in total. The van der Waals surface area contributed by atoms with Crippen molar-refractivity contribution in [1.29, 1.82) is 0 Å². The van der Waals surface area contributed by atoms with E-state index in [9.17, 15) is 0 Å². The zero-order valence-corrected chi connectivity index (χ0v) is 8.91. The number of anilines is 1. The summed E-state index contributed by atoms with van der Waals surface area (Å²) in [6, 6.07) is 0.533. The lowest BCUT2D eigenvalue weighted by atomic mass is 10.1. The third-order valence-electron chi connectivity index (χ3n) is 2.84. The van der Waals surface area contributed by atoms with Gasteiger partial charge in [-0.05, 0) is 18.8 Å². The topological polar surface area (TPSA) is 77.0 Å². The molecule has 1 aromatic rings. The van der Waals surface area contributed by atoms with Crippen LogP contribution in [0.4, 0.5) is 6.01 Å². The number of aromatic nitrogens is 2. The molecular formula is C10H18N4O. The van der Waals surface area contributed by atoms with Gasteiger partial charge in [0.15, 0.2) is 0 Å². The lowest BCUT2D eigenvalue weighted by Crippen LogP contribution is -2.10. The SMILES string of the molecule is NCCc1nnc(NCC2CCCC2)o1. The molecule has 0 saturated heterocycles. The Morgan fingerprint density at radius 2 is 2.13 bits per heavy atom. The van der Waals surface area contributed by atoms with Crippen molar-refractivity contribution < 1.29 is 4.42 Å². The summed E-state index contributed by atoms with van der Waals surface area (Å²) in [6.07, 6.45) is 5.99. The summed E-state index contributed by atoms with van der Waals surface area (Å²) in [4.78, 5) is 0. The van der Waals surface area contributed by atoms with Crippen molar-refractivity contribution in [3.05, 3.63) is 5.89 Å². The fourth-order valence-corrected chi connectivity index (χ4v) is 2.00. The first-order valence-corrected chi connectivity index (χ1v) is 5.65. The molecule has 0 amide bonds. The molecule has 3 N–H and O–H groups in total. The minimum Gasteiger partial charge on any atom is -0.408 e. The van der Waals surface area contributed by atoms with Gasteiger partial charge in [0.05, 0.1) is 0 Å². The van der Waals surface area contributed by atoms with E-state index in [0.717, 1.165) is 12.5 Å². The summed E-state index contributed by atoms with van der Waals surface area (Å²) in [5, 5.41) is 11.0. The van der Waals surface area contributed by atoms with Crippen LogP contribution in [0.5, 0.6) is 0 Å². The fraction of sp³-hybridized carbons (Fsp3) is 0.800. The largest absolute Gasteiger partial charge is 0.408 e. The van der Waals surface area contributed by atoms with Gasteiger partial charge in [-0.1, -0.05) is 17.9 Å². The number of nitrogens with zero attached hydrogens (tertiary/aromatic N) is 2. The molecule has 15 heavy (non-hydrogen) atoms. The summed E-state index contributed by atoms with van der Waals surface area (Å²) in [6.45, 7) is 1.49. The van der Waals surface area contributed by atoms with Crippen molar-refractivity contribution in [2.24, 2.45) is 11.7 Å². The molecule has 0 unspecified atom stereocenters. The van der Waals surface area contributed by atoms with Gasteiger partial charge in [-0.25, -0.2) is 0 Å². The molecule has 5 heteroatoms. The first-order chi connectivity index (χ1) is 7.38. The standard InChI is InChI=1S/C10H18N4O/c11-6-5-9-13-14-10(15-9)12-7-8-3-1-2-4-8/h8H,1-7,11H2,(H,12,14). The van der Waals surface area contributed by atoms with Crippen LogP contribution in [0.25, 0.3) is 0 Å². The monoisotopic (exact) mass is 210 g/mol. The van der Waals surface area contributed by atoms with E-state index in [4.69, 9.17) is 10.2 Å². The van der Waals surface area contributed by atoms with Crippen LogP contribution in [-0.4, -0.2) is 23.3 Å². The lowest BCUT2D eigenvalue weighted by molar-refractivity contribution is 0.495. The van der Waals surface area contributed by atoms with E-state index in [-0.39, 0.29) is 0 Å². The summed E-state index contributed by atoms with van der Waals surface area (Å²) in [7, 11) is 0. The summed E-state index contributed by atoms with van der Waals surface area (Å²) in [5.41, 5.74) is 5.40. The molecule has 1 heterocycles. The van der Waals surface area contributed by atoms with Gasteiger partial charge in [0.2, 0.25) is 5.89 Å². The predicted octanol–water partition coefficient (Wildman–Crippen LogP) is 1.17. The first kappa shape index (κ1) is 10.4. The molecule has 0 bridgehead atoms. The molecule has 2 rings (SSSR count). The second-order valence-electron chi connectivity index (χ2n) is 4.07. The average molecular weight is 210 g/mol. The van der Waals surface area contributed by atoms with E-state index in [1.807, 2.05) is 0 Å². The highest BCUT2D eigenvalue weighted by molar-refractivity contribution is 5.17. The van der Waals surface area contributed by atoms with E-state index in [2.05, 4.69) is 15.5 Å². The third-order valence-corrected chi connectivity index (χ3v) is 2.84. The molecule has 1 aromatic heterocycles. The zero-order valence-electron chi connectivity index (χ0n) is 8.91. The number of hydrogen-bond donors (Lipinski definition) is 2. The first-order valence-electron chi connectivity index (χ1n) is 5.65. The van der Waals surface area contributed by atoms with Gasteiger partial charge in [0.25, 0.3) is 0 Å². The van der Waals surface area contributed by atoms with E-state index < -0.39 is 0 Å².